The van der Waals surface area contributed by atoms with E-state index < -0.39 is 0 Å². The van der Waals surface area contributed by atoms with Crippen LogP contribution in [-0.4, -0.2) is 49.8 Å². The van der Waals surface area contributed by atoms with Crippen molar-refractivity contribution < 1.29 is 14.3 Å². The molecule has 0 radical (unpaired) electrons. The van der Waals surface area contributed by atoms with Gasteiger partial charge in [-0.15, -0.1) is 0 Å². The molecule has 0 saturated carbocycles. The van der Waals surface area contributed by atoms with Crippen LogP contribution in [0.15, 0.2) is 0 Å². The summed E-state index contributed by atoms with van der Waals surface area (Å²) in [5, 5.41) is 0. The Kier molecular flexibility index (Phi) is 9.98. The summed E-state index contributed by atoms with van der Waals surface area (Å²) in [5.41, 5.74) is 0. The van der Waals surface area contributed by atoms with E-state index in [0.717, 1.165) is 25.8 Å². The fourth-order valence-corrected chi connectivity index (χ4v) is 2.32. The monoisotopic (exact) mass is 259 g/mol. The number of carbonyl (C=O) groups is 1. The number of esters is 1. The van der Waals surface area contributed by atoms with Crippen LogP contribution in [-0.2, 0) is 14.3 Å². The maximum atomic E-state index is 12.0. The first kappa shape index (κ1) is 17.4. The van der Waals surface area contributed by atoms with Crippen molar-refractivity contribution in [3.8, 4) is 0 Å². The van der Waals surface area contributed by atoms with Crippen molar-refractivity contribution in [2.45, 2.75) is 59.0 Å². The summed E-state index contributed by atoms with van der Waals surface area (Å²) >= 11 is 0. The van der Waals surface area contributed by atoms with Gasteiger partial charge in [0.2, 0.25) is 0 Å². The Bertz CT molecular complexity index is 217. The third-order valence-electron chi connectivity index (χ3n) is 3.31. The lowest BCUT2D eigenvalue weighted by molar-refractivity contribution is -0.151. The van der Waals surface area contributed by atoms with E-state index >= 15 is 0 Å². The van der Waals surface area contributed by atoms with Gasteiger partial charge in [0.05, 0.1) is 13.2 Å². The van der Waals surface area contributed by atoms with Gasteiger partial charge in [0, 0.05) is 19.7 Å². The second-order valence-electron chi connectivity index (χ2n) is 4.38. The van der Waals surface area contributed by atoms with Crippen LogP contribution in [0.4, 0.5) is 0 Å². The quantitative estimate of drug-likeness (QED) is 0.565. The zero-order valence-electron chi connectivity index (χ0n) is 12.6. The molecule has 0 N–H and O–H groups in total. The highest BCUT2D eigenvalue weighted by Crippen LogP contribution is 2.16. The zero-order valence-corrected chi connectivity index (χ0v) is 12.6. The summed E-state index contributed by atoms with van der Waals surface area (Å²) in [6.45, 7) is 10.1. The lowest BCUT2D eigenvalue weighted by Gasteiger charge is -2.35. The van der Waals surface area contributed by atoms with Crippen LogP contribution in [0, 0.1) is 0 Å². The van der Waals surface area contributed by atoms with E-state index in [1.54, 1.807) is 7.11 Å². The smallest absolute Gasteiger partial charge is 0.323 e. The normalized spacial score (nSPS) is 13.1. The molecule has 0 amide bonds. The van der Waals surface area contributed by atoms with Gasteiger partial charge in [-0.2, -0.15) is 0 Å². The molecule has 108 valence electrons. The highest BCUT2D eigenvalue weighted by molar-refractivity contribution is 5.75. The molecule has 0 bridgehead atoms. The minimum atomic E-state index is -0.148. The molecule has 0 aliphatic heterocycles. The molecule has 0 aromatic heterocycles. The van der Waals surface area contributed by atoms with Gasteiger partial charge >= 0.3 is 5.97 Å². The van der Waals surface area contributed by atoms with Crippen LogP contribution < -0.4 is 0 Å². The first-order valence-electron chi connectivity index (χ1n) is 7.07. The average molecular weight is 259 g/mol. The van der Waals surface area contributed by atoms with Crippen molar-refractivity contribution in [2.75, 3.05) is 26.9 Å². The average Bonchev–Trinajstić information content (AvgIpc) is 2.37. The van der Waals surface area contributed by atoms with Gasteiger partial charge in [0.15, 0.2) is 0 Å². The standard InChI is InChI=1S/C14H29NO3/c1-6-12(7-2)15(10-11-17-5)13(8-3)14(16)18-9-4/h12-13H,6-11H2,1-5H3. The van der Waals surface area contributed by atoms with Crippen molar-refractivity contribution in [3.63, 3.8) is 0 Å². The number of rotatable bonds is 10. The first-order valence-corrected chi connectivity index (χ1v) is 7.07. The fourth-order valence-electron chi connectivity index (χ4n) is 2.32. The Morgan fingerprint density at radius 3 is 2.11 bits per heavy atom. The van der Waals surface area contributed by atoms with Crippen LogP contribution in [0.1, 0.15) is 47.0 Å². The van der Waals surface area contributed by atoms with Crippen LogP contribution >= 0.6 is 0 Å². The zero-order chi connectivity index (χ0) is 14.0. The Morgan fingerprint density at radius 1 is 1.11 bits per heavy atom. The molecule has 0 aromatic rings. The topological polar surface area (TPSA) is 38.8 Å². The predicted molar refractivity (Wildman–Crippen MR) is 73.7 cm³/mol. The van der Waals surface area contributed by atoms with Gasteiger partial charge < -0.3 is 9.47 Å². The molecule has 0 aliphatic carbocycles. The molecule has 0 fully saturated rings. The van der Waals surface area contributed by atoms with Gasteiger partial charge in [-0.05, 0) is 26.2 Å². The maximum Gasteiger partial charge on any atom is 0.323 e. The van der Waals surface area contributed by atoms with Gasteiger partial charge in [0.1, 0.15) is 6.04 Å². The Morgan fingerprint density at radius 2 is 1.72 bits per heavy atom. The number of nitrogens with zero attached hydrogens (tertiary/aromatic N) is 1. The van der Waals surface area contributed by atoms with E-state index in [2.05, 4.69) is 18.7 Å². The van der Waals surface area contributed by atoms with E-state index in [1.165, 1.54) is 0 Å². The molecule has 4 heteroatoms. The molecule has 0 heterocycles. The van der Waals surface area contributed by atoms with Crippen LogP contribution in [0.5, 0.6) is 0 Å². The molecule has 0 rings (SSSR count). The van der Waals surface area contributed by atoms with Crippen LogP contribution in [0.3, 0.4) is 0 Å². The van der Waals surface area contributed by atoms with Crippen molar-refractivity contribution in [1.82, 2.24) is 4.90 Å². The minimum Gasteiger partial charge on any atom is -0.465 e. The lowest BCUT2D eigenvalue weighted by atomic mass is 10.1. The highest BCUT2D eigenvalue weighted by Gasteiger charge is 2.29. The maximum absolute atomic E-state index is 12.0. The molecule has 1 unspecified atom stereocenters. The van der Waals surface area contributed by atoms with Gasteiger partial charge in [0.25, 0.3) is 0 Å². The molecule has 0 aromatic carbocycles. The van der Waals surface area contributed by atoms with E-state index in [-0.39, 0.29) is 12.0 Å². The Balaban J connectivity index is 4.80. The van der Waals surface area contributed by atoms with Gasteiger partial charge in [-0.3, -0.25) is 9.69 Å². The Hall–Kier alpha value is -0.610. The predicted octanol–water partition coefficient (Wildman–Crippen LogP) is 2.47. The molecule has 0 aliphatic rings. The summed E-state index contributed by atoms with van der Waals surface area (Å²) in [7, 11) is 1.69. The molecular weight excluding hydrogens is 230 g/mol. The Labute approximate surface area is 112 Å². The molecule has 1 atom stereocenters. The van der Waals surface area contributed by atoms with E-state index in [0.29, 0.717) is 19.3 Å². The number of hydrogen-bond donors (Lipinski definition) is 0. The van der Waals surface area contributed by atoms with Crippen molar-refractivity contribution in [2.24, 2.45) is 0 Å². The van der Waals surface area contributed by atoms with Gasteiger partial charge in [-0.1, -0.05) is 20.8 Å². The summed E-state index contributed by atoms with van der Waals surface area (Å²) in [6, 6.07) is 0.263. The van der Waals surface area contributed by atoms with Crippen molar-refractivity contribution in [1.29, 1.82) is 0 Å². The molecule has 0 saturated heterocycles. The summed E-state index contributed by atoms with van der Waals surface area (Å²) in [6.07, 6.45) is 2.85. The second kappa shape index (κ2) is 10.3. The summed E-state index contributed by atoms with van der Waals surface area (Å²) in [5.74, 6) is -0.108. The van der Waals surface area contributed by atoms with E-state index in [1.807, 2.05) is 13.8 Å². The fraction of sp³-hybridized carbons (Fsp3) is 0.929. The van der Waals surface area contributed by atoms with Crippen LogP contribution in [0.25, 0.3) is 0 Å². The third-order valence-corrected chi connectivity index (χ3v) is 3.31. The SMILES string of the molecule is CCOC(=O)C(CC)N(CCOC)C(CC)CC. The lowest BCUT2D eigenvalue weighted by Crippen LogP contribution is -2.48. The third kappa shape index (κ3) is 5.36. The summed E-state index contributed by atoms with van der Waals surface area (Å²) < 4.78 is 10.3. The highest BCUT2D eigenvalue weighted by atomic mass is 16.5. The number of carbonyl (C=O) groups excluding carboxylic acids is 1. The molecule has 0 spiro atoms. The number of ether oxygens (including phenoxy) is 2. The molecular formula is C14H29NO3. The van der Waals surface area contributed by atoms with E-state index in [4.69, 9.17) is 9.47 Å². The molecule has 18 heavy (non-hydrogen) atoms. The minimum absolute atomic E-state index is 0.108. The van der Waals surface area contributed by atoms with E-state index in [9.17, 15) is 4.79 Å². The van der Waals surface area contributed by atoms with Gasteiger partial charge in [-0.25, -0.2) is 0 Å². The second-order valence-corrected chi connectivity index (χ2v) is 4.38. The van der Waals surface area contributed by atoms with Crippen LogP contribution in [0.2, 0.25) is 0 Å². The number of hydrogen-bond acceptors (Lipinski definition) is 4. The molecule has 4 nitrogen and oxygen atoms in total. The van der Waals surface area contributed by atoms with Crippen molar-refractivity contribution in [3.05, 3.63) is 0 Å². The van der Waals surface area contributed by atoms with Crippen molar-refractivity contribution >= 4 is 5.97 Å². The number of methoxy groups -OCH3 is 1. The first-order chi connectivity index (χ1) is 8.65. The largest absolute Gasteiger partial charge is 0.465 e. The summed E-state index contributed by atoms with van der Waals surface area (Å²) in [4.78, 5) is 14.2.